The van der Waals surface area contributed by atoms with Crippen LogP contribution >= 0.6 is 0 Å². The van der Waals surface area contributed by atoms with E-state index in [2.05, 4.69) is 26.5 Å². The smallest absolute Gasteiger partial charge is 0.425 e. The highest BCUT2D eigenvalue weighted by Crippen LogP contribution is 2.33. The number of nitrogens with zero attached hydrogens (tertiary/aromatic N) is 6. The molecule has 0 spiro atoms. The summed E-state index contributed by atoms with van der Waals surface area (Å²) >= 11 is 0. The fourth-order valence-corrected chi connectivity index (χ4v) is 3.46. The minimum Gasteiger partial charge on any atom is -0.462 e. The van der Waals surface area contributed by atoms with Crippen molar-refractivity contribution in [2.75, 3.05) is 18.5 Å². The highest BCUT2D eigenvalue weighted by Gasteiger charge is 2.39. The molecule has 3 aromatic heterocycles. The van der Waals surface area contributed by atoms with Crippen LogP contribution in [0.25, 0.3) is 11.0 Å². The average Bonchev–Trinajstić information content (AvgIpc) is 3.37. The zero-order chi connectivity index (χ0) is 22.3. The van der Waals surface area contributed by atoms with Crippen LogP contribution in [0.3, 0.4) is 0 Å². The van der Waals surface area contributed by atoms with Crippen LogP contribution in [0, 0.1) is 17.2 Å². The fourth-order valence-electron chi connectivity index (χ4n) is 3.46. The molecule has 1 N–H and O–H groups in total. The molecule has 0 aromatic carbocycles. The lowest BCUT2D eigenvalue weighted by Gasteiger charge is -2.18. The lowest BCUT2D eigenvalue weighted by atomic mass is 10.1. The van der Waals surface area contributed by atoms with Gasteiger partial charge in [-0.3, -0.25) is 4.68 Å². The van der Waals surface area contributed by atoms with Gasteiger partial charge in [0.1, 0.15) is 23.1 Å². The predicted molar refractivity (Wildman–Crippen MR) is 104 cm³/mol. The SMILES string of the molecule is CC(Oc1nn(C)cc1Nc1ncc2cc(C#N)n([C@H]3COC[C@@H]3C)c2n1)C(F)(F)F. The van der Waals surface area contributed by atoms with E-state index in [1.54, 1.807) is 19.3 Å². The summed E-state index contributed by atoms with van der Waals surface area (Å²) in [6.45, 7) is 3.98. The number of nitrogens with one attached hydrogen (secondary N) is 1. The highest BCUT2D eigenvalue weighted by molar-refractivity contribution is 5.79. The standard InChI is InChI=1S/C19H20F3N7O2/c1-10-8-30-9-15(10)29-13(5-23)4-12-6-24-18(26-16(12)29)25-14-7-28(3)27-17(14)31-11(2)19(20,21)22/h4,6-7,10-11,15H,8-9H2,1-3H3,(H,24,25,26)/t10-,11?,15-/m0/s1. The van der Waals surface area contributed by atoms with Gasteiger partial charge in [0.05, 0.1) is 25.5 Å². The first-order chi connectivity index (χ1) is 14.7. The Labute approximate surface area is 175 Å². The van der Waals surface area contributed by atoms with Crippen LogP contribution in [0.2, 0.25) is 0 Å². The van der Waals surface area contributed by atoms with Crippen molar-refractivity contribution in [2.45, 2.75) is 32.2 Å². The molecule has 3 atom stereocenters. The van der Waals surface area contributed by atoms with E-state index in [9.17, 15) is 18.4 Å². The Balaban J connectivity index is 1.68. The molecule has 0 saturated carbocycles. The Kier molecular flexibility index (Phi) is 5.22. The Morgan fingerprint density at radius 2 is 2.16 bits per heavy atom. The number of hydrogen-bond acceptors (Lipinski definition) is 7. The number of halogens is 3. The van der Waals surface area contributed by atoms with Crippen molar-refractivity contribution in [3.05, 3.63) is 24.2 Å². The van der Waals surface area contributed by atoms with Crippen LogP contribution in [0.4, 0.5) is 24.8 Å². The van der Waals surface area contributed by atoms with Crippen molar-refractivity contribution in [1.82, 2.24) is 24.3 Å². The summed E-state index contributed by atoms with van der Waals surface area (Å²) in [5, 5.41) is 17.1. The zero-order valence-corrected chi connectivity index (χ0v) is 17.0. The van der Waals surface area contributed by atoms with E-state index < -0.39 is 12.3 Å². The molecule has 1 aliphatic rings. The van der Waals surface area contributed by atoms with Crippen LogP contribution in [-0.4, -0.2) is 49.8 Å². The first-order valence-corrected chi connectivity index (χ1v) is 9.57. The molecule has 0 amide bonds. The molecule has 1 saturated heterocycles. The topological polar surface area (TPSA) is 103 Å². The van der Waals surface area contributed by atoms with Gasteiger partial charge in [-0.05, 0) is 13.0 Å². The summed E-state index contributed by atoms with van der Waals surface area (Å²) < 4.78 is 52.4. The van der Waals surface area contributed by atoms with E-state index >= 15 is 0 Å². The van der Waals surface area contributed by atoms with E-state index in [1.165, 1.54) is 10.9 Å². The van der Waals surface area contributed by atoms with Crippen molar-refractivity contribution >= 4 is 22.7 Å². The number of anilines is 2. The summed E-state index contributed by atoms with van der Waals surface area (Å²) in [4.78, 5) is 8.74. The van der Waals surface area contributed by atoms with Gasteiger partial charge in [0, 0.05) is 24.5 Å². The van der Waals surface area contributed by atoms with E-state index in [-0.39, 0.29) is 29.5 Å². The molecular formula is C19H20F3N7O2. The van der Waals surface area contributed by atoms with Crippen molar-refractivity contribution in [3.8, 4) is 11.9 Å². The van der Waals surface area contributed by atoms with Gasteiger partial charge in [0.25, 0.3) is 5.88 Å². The molecule has 4 heterocycles. The highest BCUT2D eigenvalue weighted by atomic mass is 19.4. The van der Waals surface area contributed by atoms with E-state index in [4.69, 9.17) is 9.47 Å². The molecule has 0 bridgehead atoms. The van der Waals surface area contributed by atoms with Crippen LogP contribution in [-0.2, 0) is 11.8 Å². The summed E-state index contributed by atoms with van der Waals surface area (Å²) in [7, 11) is 1.56. The van der Waals surface area contributed by atoms with E-state index in [0.29, 0.717) is 29.9 Å². The molecule has 1 aliphatic heterocycles. The number of aromatic nitrogens is 5. The summed E-state index contributed by atoms with van der Waals surface area (Å²) in [5.74, 6) is 0.110. The quantitative estimate of drug-likeness (QED) is 0.656. The van der Waals surface area contributed by atoms with Gasteiger partial charge < -0.3 is 19.4 Å². The average molecular weight is 435 g/mol. The maximum atomic E-state index is 12.9. The second-order valence-corrected chi connectivity index (χ2v) is 7.51. The Hall–Kier alpha value is -3.33. The lowest BCUT2D eigenvalue weighted by Crippen LogP contribution is -2.31. The number of alkyl halides is 3. The number of hydrogen-bond donors (Lipinski definition) is 1. The van der Waals surface area contributed by atoms with Gasteiger partial charge in [-0.2, -0.15) is 23.4 Å². The second-order valence-electron chi connectivity index (χ2n) is 7.51. The summed E-state index contributed by atoms with van der Waals surface area (Å²) in [5.41, 5.74) is 1.16. The Morgan fingerprint density at radius 3 is 2.81 bits per heavy atom. The lowest BCUT2D eigenvalue weighted by molar-refractivity contribution is -0.189. The van der Waals surface area contributed by atoms with Gasteiger partial charge in [0.2, 0.25) is 5.95 Å². The van der Waals surface area contributed by atoms with Gasteiger partial charge in [-0.25, -0.2) is 4.98 Å². The van der Waals surface area contributed by atoms with Gasteiger partial charge in [-0.15, -0.1) is 5.10 Å². The molecule has 3 aromatic rings. The van der Waals surface area contributed by atoms with Crippen LogP contribution in [0.1, 0.15) is 25.6 Å². The van der Waals surface area contributed by atoms with Gasteiger partial charge in [0.15, 0.2) is 6.10 Å². The normalized spacial score (nSPS) is 20.0. The monoisotopic (exact) mass is 435 g/mol. The van der Waals surface area contributed by atoms with Crippen molar-refractivity contribution in [2.24, 2.45) is 13.0 Å². The fraction of sp³-hybridized carbons (Fsp3) is 0.474. The number of rotatable bonds is 5. The Morgan fingerprint density at radius 1 is 1.39 bits per heavy atom. The summed E-state index contributed by atoms with van der Waals surface area (Å²) in [6.07, 6.45) is -3.54. The number of aryl methyl sites for hydroxylation is 1. The maximum Gasteiger partial charge on any atom is 0.425 e. The molecule has 12 heteroatoms. The molecule has 4 rings (SSSR count). The molecule has 31 heavy (non-hydrogen) atoms. The number of fused-ring (bicyclic) bond motifs is 1. The van der Waals surface area contributed by atoms with Crippen molar-refractivity contribution in [1.29, 1.82) is 5.26 Å². The third-order valence-electron chi connectivity index (χ3n) is 5.14. The zero-order valence-electron chi connectivity index (χ0n) is 17.0. The van der Waals surface area contributed by atoms with Crippen LogP contribution in [0.15, 0.2) is 18.5 Å². The van der Waals surface area contributed by atoms with Crippen molar-refractivity contribution in [3.63, 3.8) is 0 Å². The summed E-state index contributed by atoms with van der Waals surface area (Å²) in [6, 6.07) is 3.83. The minimum atomic E-state index is -4.53. The molecule has 0 aliphatic carbocycles. The molecule has 1 fully saturated rings. The third-order valence-corrected chi connectivity index (χ3v) is 5.14. The maximum absolute atomic E-state index is 12.9. The first kappa shape index (κ1) is 20.9. The number of nitriles is 1. The number of ether oxygens (including phenoxy) is 2. The molecule has 0 radical (unpaired) electrons. The van der Waals surface area contributed by atoms with Crippen molar-refractivity contribution < 1.29 is 22.6 Å². The minimum absolute atomic E-state index is 0.0557. The molecular weight excluding hydrogens is 415 g/mol. The predicted octanol–water partition coefficient (Wildman–Crippen LogP) is 3.32. The molecule has 1 unspecified atom stereocenters. The molecule has 164 valence electrons. The van der Waals surface area contributed by atoms with Crippen LogP contribution in [0.5, 0.6) is 5.88 Å². The Bertz CT molecular complexity index is 1150. The van der Waals surface area contributed by atoms with Crippen LogP contribution < -0.4 is 10.1 Å². The molecule has 9 nitrogen and oxygen atoms in total. The first-order valence-electron chi connectivity index (χ1n) is 9.57. The largest absolute Gasteiger partial charge is 0.462 e. The van der Waals surface area contributed by atoms with Gasteiger partial charge in [-0.1, -0.05) is 6.92 Å². The van der Waals surface area contributed by atoms with Gasteiger partial charge >= 0.3 is 6.18 Å². The van der Waals surface area contributed by atoms with E-state index in [0.717, 1.165) is 6.92 Å². The second kappa shape index (κ2) is 7.73. The third kappa shape index (κ3) is 4.00. The van der Waals surface area contributed by atoms with E-state index in [1.807, 2.05) is 11.5 Å².